The molecule has 7 nitrogen and oxygen atoms in total. The Bertz CT molecular complexity index is 724. The van der Waals surface area contributed by atoms with Gasteiger partial charge in [0.25, 0.3) is 0 Å². The quantitative estimate of drug-likeness (QED) is 0.890. The zero-order chi connectivity index (χ0) is 17.1. The van der Waals surface area contributed by atoms with Crippen molar-refractivity contribution in [3.8, 4) is 28.5 Å². The number of nitrogens with one attached hydrogen (secondary N) is 1. The molecule has 0 amide bonds. The first-order valence-corrected chi connectivity index (χ1v) is 7.88. The maximum absolute atomic E-state index is 5.92. The minimum absolute atomic E-state index is 0.243. The predicted octanol–water partition coefficient (Wildman–Crippen LogP) is 2.50. The van der Waals surface area contributed by atoms with Gasteiger partial charge in [-0.3, -0.25) is 0 Å². The predicted molar refractivity (Wildman–Crippen MR) is 93.0 cm³/mol. The maximum atomic E-state index is 5.92. The Hall–Kier alpha value is -2.70. The van der Waals surface area contributed by atoms with Crippen molar-refractivity contribution in [2.75, 3.05) is 38.9 Å². The maximum Gasteiger partial charge on any atom is 0.222 e. The van der Waals surface area contributed by atoms with Crippen molar-refractivity contribution in [1.82, 2.24) is 9.97 Å². The minimum atomic E-state index is 0.243. The van der Waals surface area contributed by atoms with Gasteiger partial charge in [0.05, 0.1) is 27.0 Å². The molecule has 3 N–H and O–H groups in total. The first kappa shape index (κ1) is 16.2. The van der Waals surface area contributed by atoms with E-state index in [1.54, 1.807) is 21.3 Å². The van der Waals surface area contributed by atoms with Crippen LogP contribution in [0.15, 0.2) is 12.1 Å². The lowest BCUT2D eigenvalue weighted by Gasteiger charge is -2.16. The number of nitrogen functional groups attached to an aromatic ring is 1. The largest absolute Gasteiger partial charge is 0.493 e. The summed E-state index contributed by atoms with van der Waals surface area (Å²) >= 11 is 0. The Morgan fingerprint density at radius 2 is 1.71 bits per heavy atom. The third-order valence-electron chi connectivity index (χ3n) is 4.11. The van der Waals surface area contributed by atoms with Gasteiger partial charge >= 0.3 is 0 Å². The lowest BCUT2D eigenvalue weighted by Crippen LogP contribution is -2.08. The van der Waals surface area contributed by atoms with Gasteiger partial charge in [-0.15, -0.1) is 0 Å². The van der Waals surface area contributed by atoms with Crippen LogP contribution in [0.4, 0.5) is 11.8 Å². The average molecular weight is 330 g/mol. The molecule has 0 spiro atoms. The number of aromatic nitrogens is 2. The van der Waals surface area contributed by atoms with Gasteiger partial charge in [0.1, 0.15) is 5.82 Å². The van der Waals surface area contributed by atoms with Gasteiger partial charge in [-0.2, -0.15) is 4.98 Å². The minimum Gasteiger partial charge on any atom is -0.493 e. The lowest BCUT2D eigenvalue weighted by molar-refractivity contribution is 0.324. The second-order valence-corrected chi connectivity index (χ2v) is 5.56. The van der Waals surface area contributed by atoms with Crippen LogP contribution in [0.2, 0.25) is 0 Å². The van der Waals surface area contributed by atoms with E-state index in [9.17, 15) is 0 Å². The van der Waals surface area contributed by atoms with E-state index < -0.39 is 0 Å². The van der Waals surface area contributed by atoms with Gasteiger partial charge in [-0.05, 0) is 31.4 Å². The number of hydrogen-bond acceptors (Lipinski definition) is 7. The molecule has 0 saturated carbocycles. The number of nitrogens with zero attached hydrogens (tertiary/aromatic N) is 2. The van der Waals surface area contributed by atoms with E-state index in [2.05, 4.69) is 15.3 Å². The molecule has 24 heavy (non-hydrogen) atoms. The van der Waals surface area contributed by atoms with E-state index in [0.29, 0.717) is 17.2 Å². The summed E-state index contributed by atoms with van der Waals surface area (Å²) in [5.41, 5.74) is 8.64. The van der Waals surface area contributed by atoms with Crippen LogP contribution in [-0.2, 0) is 6.42 Å². The van der Waals surface area contributed by atoms with Crippen LogP contribution < -0.4 is 25.3 Å². The van der Waals surface area contributed by atoms with Gasteiger partial charge in [0.15, 0.2) is 11.5 Å². The molecular weight excluding hydrogens is 308 g/mol. The highest BCUT2D eigenvalue weighted by Gasteiger charge is 2.20. The monoisotopic (exact) mass is 330 g/mol. The topological polar surface area (TPSA) is 91.5 Å². The highest BCUT2D eigenvalue weighted by atomic mass is 16.5. The Kier molecular flexibility index (Phi) is 4.59. The van der Waals surface area contributed by atoms with Crippen LogP contribution in [0.3, 0.4) is 0 Å². The highest BCUT2D eigenvalue weighted by Crippen LogP contribution is 2.42. The molecule has 1 aromatic carbocycles. The van der Waals surface area contributed by atoms with Gasteiger partial charge in [0, 0.05) is 17.7 Å². The molecule has 0 atom stereocenters. The standard InChI is InChI=1S/C17H22N4O3/c1-22-12-8-10(9-13(23-2)15(12)24-3)14-11-6-4-5-7-19-16(11)21-17(18)20-14/h8-9H,4-7H2,1-3H3,(H3,18,19,20,21). The molecule has 0 aliphatic carbocycles. The van der Waals surface area contributed by atoms with E-state index in [4.69, 9.17) is 19.9 Å². The summed E-state index contributed by atoms with van der Waals surface area (Å²) in [6.45, 7) is 0.887. The van der Waals surface area contributed by atoms with Gasteiger partial charge in [-0.1, -0.05) is 0 Å². The van der Waals surface area contributed by atoms with Crippen LogP contribution in [0, 0.1) is 0 Å². The molecule has 1 aliphatic rings. The molecule has 0 radical (unpaired) electrons. The second-order valence-electron chi connectivity index (χ2n) is 5.56. The summed E-state index contributed by atoms with van der Waals surface area (Å²) in [6.07, 6.45) is 3.06. The van der Waals surface area contributed by atoms with E-state index in [1.165, 1.54) is 0 Å². The summed E-state index contributed by atoms with van der Waals surface area (Å²) in [7, 11) is 4.77. The van der Waals surface area contributed by atoms with Gasteiger partial charge in [-0.25, -0.2) is 4.98 Å². The zero-order valence-corrected chi connectivity index (χ0v) is 14.2. The molecule has 0 saturated heterocycles. The third kappa shape index (κ3) is 2.89. The summed E-state index contributed by atoms with van der Waals surface area (Å²) in [5, 5.41) is 3.34. The molecule has 7 heteroatoms. The summed E-state index contributed by atoms with van der Waals surface area (Å²) in [4.78, 5) is 8.83. The van der Waals surface area contributed by atoms with Crippen molar-refractivity contribution in [1.29, 1.82) is 0 Å². The fraction of sp³-hybridized carbons (Fsp3) is 0.412. The number of nitrogens with two attached hydrogens (primary N) is 1. The fourth-order valence-corrected chi connectivity index (χ4v) is 2.97. The molecule has 0 unspecified atom stereocenters. The zero-order valence-electron chi connectivity index (χ0n) is 14.2. The van der Waals surface area contributed by atoms with Crippen molar-refractivity contribution >= 4 is 11.8 Å². The van der Waals surface area contributed by atoms with E-state index in [1.807, 2.05) is 12.1 Å². The van der Waals surface area contributed by atoms with Crippen molar-refractivity contribution in [3.63, 3.8) is 0 Å². The number of anilines is 2. The lowest BCUT2D eigenvalue weighted by atomic mass is 10.0. The summed E-state index contributed by atoms with van der Waals surface area (Å²) in [6, 6.07) is 3.77. The normalized spacial score (nSPS) is 13.5. The first-order chi connectivity index (χ1) is 11.7. The van der Waals surface area contributed by atoms with Crippen molar-refractivity contribution in [2.24, 2.45) is 0 Å². The fourth-order valence-electron chi connectivity index (χ4n) is 2.97. The number of rotatable bonds is 4. The van der Waals surface area contributed by atoms with Crippen LogP contribution >= 0.6 is 0 Å². The van der Waals surface area contributed by atoms with E-state index in [0.717, 1.165) is 48.4 Å². The Labute approximate surface area is 141 Å². The molecule has 1 aromatic heterocycles. The smallest absolute Gasteiger partial charge is 0.222 e. The average Bonchev–Trinajstić information content (AvgIpc) is 2.84. The van der Waals surface area contributed by atoms with Crippen LogP contribution in [0.5, 0.6) is 17.2 Å². The van der Waals surface area contributed by atoms with Gasteiger partial charge in [0.2, 0.25) is 11.7 Å². The van der Waals surface area contributed by atoms with Crippen molar-refractivity contribution < 1.29 is 14.2 Å². The van der Waals surface area contributed by atoms with Crippen molar-refractivity contribution in [2.45, 2.75) is 19.3 Å². The Morgan fingerprint density at radius 3 is 2.33 bits per heavy atom. The number of benzene rings is 1. The second kappa shape index (κ2) is 6.82. The molecule has 2 aromatic rings. The number of ether oxygens (including phenoxy) is 3. The first-order valence-electron chi connectivity index (χ1n) is 7.88. The van der Waals surface area contributed by atoms with Crippen LogP contribution in [0.1, 0.15) is 18.4 Å². The van der Waals surface area contributed by atoms with Crippen molar-refractivity contribution in [3.05, 3.63) is 17.7 Å². The van der Waals surface area contributed by atoms with Gasteiger partial charge < -0.3 is 25.3 Å². The molecule has 0 bridgehead atoms. The molecule has 3 rings (SSSR count). The Balaban J connectivity index is 2.20. The molecule has 128 valence electrons. The number of fused-ring (bicyclic) bond motifs is 1. The third-order valence-corrected chi connectivity index (χ3v) is 4.11. The highest BCUT2D eigenvalue weighted by molar-refractivity contribution is 5.74. The SMILES string of the molecule is COc1cc(-c2nc(N)nc3c2CCCCN3)cc(OC)c1OC. The molecule has 2 heterocycles. The summed E-state index contributed by atoms with van der Waals surface area (Å²) < 4.78 is 16.3. The van der Waals surface area contributed by atoms with E-state index >= 15 is 0 Å². The number of methoxy groups -OCH3 is 3. The van der Waals surface area contributed by atoms with Crippen LogP contribution in [0.25, 0.3) is 11.3 Å². The molecule has 0 fully saturated rings. The van der Waals surface area contributed by atoms with E-state index in [-0.39, 0.29) is 5.95 Å². The molecular formula is C17H22N4O3. The Morgan fingerprint density at radius 1 is 1.00 bits per heavy atom. The number of hydrogen-bond donors (Lipinski definition) is 2. The summed E-state index contributed by atoms with van der Waals surface area (Å²) in [5.74, 6) is 2.77. The van der Waals surface area contributed by atoms with Crippen LogP contribution in [-0.4, -0.2) is 37.8 Å². The molecule has 1 aliphatic heterocycles.